The second-order valence-electron chi connectivity index (χ2n) is 2.80. The van der Waals surface area contributed by atoms with Crippen molar-refractivity contribution in [3.05, 3.63) is 41.2 Å². The molecule has 0 aliphatic carbocycles. The van der Waals surface area contributed by atoms with E-state index in [1.807, 2.05) is 38.1 Å². The fourth-order valence-corrected chi connectivity index (χ4v) is 1.02. The average Bonchev–Trinajstić information content (AvgIpc) is 2.09. The fraction of sp³-hybridized carbons (Fsp3) is 0.273. The van der Waals surface area contributed by atoms with Gasteiger partial charge in [0.2, 0.25) is 0 Å². The van der Waals surface area contributed by atoms with Crippen LogP contribution in [0.4, 0.5) is 4.39 Å². The Morgan fingerprint density at radius 1 is 1.42 bits per heavy atom. The van der Waals surface area contributed by atoms with Crippen LogP contribution in [0.15, 0.2) is 30.1 Å². The summed E-state index contributed by atoms with van der Waals surface area (Å²) in [5, 5.41) is 0. The van der Waals surface area contributed by atoms with Gasteiger partial charge >= 0.3 is 0 Å². The van der Waals surface area contributed by atoms with Crippen LogP contribution in [0.3, 0.4) is 0 Å². The van der Waals surface area contributed by atoms with E-state index >= 15 is 0 Å². The molecule has 0 bridgehead atoms. The molecule has 0 amide bonds. The molecule has 64 valence electrons. The Hall–Kier alpha value is -1.11. The van der Waals surface area contributed by atoms with Gasteiger partial charge in [-0.25, -0.2) is 4.39 Å². The zero-order chi connectivity index (χ0) is 8.97. The zero-order valence-electron chi connectivity index (χ0n) is 7.47. The van der Waals surface area contributed by atoms with Crippen molar-refractivity contribution < 1.29 is 4.39 Å². The molecule has 1 aromatic rings. The van der Waals surface area contributed by atoms with E-state index in [-0.39, 0.29) is 5.83 Å². The van der Waals surface area contributed by atoms with Gasteiger partial charge in [0.1, 0.15) is 5.83 Å². The molecule has 1 rings (SSSR count). The van der Waals surface area contributed by atoms with Gasteiger partial charge in [0.15, 0.2) is 0 Å². The second-order valence-corrected chi connectivity index (χ2v) is 2.80. The summed E-state index contributed by atoms with van der Waals surface area (Å²) in [7, 11) is 0. The first-order chi connectivity index (χ1) is 5.74. The standard InChI is InChI=1S/C11H13F/c1-3-11(12)8-10-7-5-4-6-9(10)2/h4-8H,3H2,1-2H3/b11-8-. The molecule has 0 unspecified atom stereocenters. The van der Waals surface area contributed by atoms with Crippen molar-refractivity contribution in [3.8, 4) is 0 Å². The fourth-order valence-electron chi connectivity index (χ4n) is 1.02. The minimum atomic E-state index is -0.0655. The van der Waals surface area contributed by atoms with Gasteiger partial charge in [-0.1, -0.05) is 31.2 Å². The van der Waals surface area contributed by atoms with Crippen LogP contribution in [-0.2, 0) is 0 Å². The summed E-state index contributed by atoms with van der Waals surface area (Å²) in [6.45, 7) is 3.79. The lowest BCUT2D eigenvalue weighted by Gasteiger charge is -1.98. The number of allylic oxidation sites excluding steroid dienone is 1. The normalized spacial score (nSPS) is 11.8. The van der Waals surface area contributed by atoms with Gasteiger partial charge < -0.3 is 0 Å². The second kappa shape index (κ2) is 4.05. The molecular formula is C11H13F. The van der Waals surface area contributed by atoms with Crippen LogP contribution in [-0.4, -0.2) is 0 Å². The van der Waals surface area contributed by atoms with Gasteiger partial charge in [-0.05, 0) is 30.5 Å². The summed E-state index contributed by atoms with van der Waals surface area (Å²) in [5.74, 6) is -0.0655. The number of benzene rings is 1. The Bertz CT molecular complexity index is 287. The third kappa shape index (κ3) is 2.19. The van der Waals surface area contributed by atoms with E-state index < -0.39 is 0 Å². The van der Waals surface area contributed by atoms with Crippen molar-refractivity contribution in [1.82, 2.24) is 0 Å². The van der Waals surface area contributed by atoms with Gasteiger partial charge in [-0.15, -0.1) is 0 Å². The minimum absolute atomic E-state index is 0.0655. The SMILES string of the molecule is CC/C(F)=C/c1ccccc1C. The maximum atomic E-state index is 12.9. The molecule has 0 aromatic heterocycles. The van der Waals surface area contributed by atoms with Crippen LogP contribution in [0.1, 0.15) is 24.5 Å². The van der Waals surface area contributed by atoms with E-state index in [1.165, 1.54) is 0 Å². The van der Waals surface area contributed by atoms with E-state index in [1.54, 1.807) is 6.08 Å². The lowest BCUT2D eigenvalue weighted by Crippen LogP contribution is -1.79. The Labute approximate surface area is 72.7 Å². The van der Waals surface area contributed by atoms with Crippen LogP contribution >= 0.6 is 0 Å². The van der Waals surface area contributed by atoms with Gasteiger partial charge in [0.25, 0.3) is 0 Å². The Morgan fingerprint density at radius 2 is 2.08 bits per heavy atom. The monoisotopic (exact) mass is 164 g/mol. The van der Waals surface area contributed by atoms with Gasteiger partial charge in [0, 0.05) is 0 Å². The van der Waals surface area contributed by atoms with Gasteiger partial charge in [0.05, 0.1) is 0 Å². The van der Waals surface area contributed by atoms with Crippen LogP contribution in [0, 0.1) is 6.92 Å². The zero-order valence-corrected chi connectivity index (χ0v) is 7.47. The lowest BCUT2D eigenvalue weighted by atomic mass is 10.1. The summed E-state index contributed by atoms with van der Waals surface area (Å²) in [5.41, 5.74) is 2.08. The van der Waals surface area contributed by atoms with E-state index in [4.69, 9.17) is 0 Å². The Balaban J connectivity index is 2.96. The van der Waals surface area contributed by atoms with Crippen LogP contribution in [0.2, 0.25) is 0 Å². The highest BCUT2D eigenvalue weighted by Gasteiger charge is 1.94. The molecule has 0 spiro atoms. The largest absolute Gasteiger partial charge is 0.212 e. The summed E-state index contributed by atoms with van der Waals surface area (Å²) in [6, 6.07) is 7.78. The molecule has 0 aliphatic heterocycles. The first-order valence-electron chi connectivity index (χ1n) is 4.15. The smallest absolute Gasteiger partial charge is 0.100 e. The van der Waals surface area contributed by atoms with Gasteiger partial charge in [-0.2, -0.15) is 0 Å². The van der Waals surface area contributed by atoms with E-state index in [9.17, 15) is 4.39 Å². The van der Waals surface area contributed by atoms with E-state index in [0.717, 1.165) is 11.1 Å². The highest BCUT2D eigenvalue weighted by Crippen LogP contribution is 2.13. The van der Waals surface area contributed by atoms with E-state index in [0.29, 0.717) is 6.42 Å². The van der Waals surface area contributed by atoms with Crippen molar-refractivity contribution in [3.63, 3.8) is 0 Å². The molecule has 0 radical (unpaired) electrons. The summed E-state index contributed by atoms with van der Waals surface area (Å²) < 4.78 is 12.9. The van der Waals surface area contributed by atoms with Crippen LogP contribution < -0.4 is 0 Å². The molecule has 0 atom stereocenters. The molecule has 0 saturated heterocycles. The molecule has 0 N–H and O–H groups in total. The van der Waals surface area contributed by atoms with Crippen molar-refractivity contribution in [2.75, 3.05) is 0 Å². The summed E-state index contributed by atoms with van der Waals surface area (Å²) in [6.07, 6.45) is 2.06. The minimum Gasteiger partial charge on any atom is -0.212 e. The molecule has 0 heterocycles. The average molecular weight is 164 g/mol. The molecular weight excluding hydrogens is 151 g/mol. The number of rotatable bonds is 2. The first kappa shape index (κ1) is 8.98. The van der Waals surface area contributed by atoms with Gasteiger partial charge in [-0.3, -0.25) is 0 Å². The third-order valence-electron chi connectivity index (χ3n) is 1.84. The molecule has 0 fully saturated rings. The Kier molecular flexibility index (Phi) is 3.03. The highest BCUT2D eigenvalue weighted by molar-refractivity contribution is 5.54. The quantitative estimate of drug-likeness (QED) is 0.625. The van der Waals surface area contributed by atoms with Crippen LogP contribution in [0.5, 0.6) is 0 Å². The van der Waals surface area contributed by atoms with Crippen molar-refractivity contribution >= 4 is 6.08 Å². The molecule has 12 heavy (non-hydrogen) atoms. The van der Waals surface area contributed by atoms with Crippen molar-refractivity contribution in [2.45, 2.75) is 20.3 Å². The van der Waals surface area contributed by atoms with Crippen LogP contribution in [0.25, 0.3) is 6.08 Å². The predicted molar refractivity (Wildman–Crippen MR) is 50.6 cm³/mol. The maximum absolute atomic E-state index is 12.9. The lowest BCUT2D eigenvalue weighted by molar-refractivity contribution is 0.612. The first-order valence-corrected chi connectivity index (χ1v) is 4.15. The number of aryl methyl sites for hydroxylation is 1. The van der Waals surface area contributed by atoms with Crippen molar-refractivity contribution in [2.24, 2.45) is 0 Å². The molecule has 0 aliphatic rings. The summed E-state index contributed by atoms with van der Waals surface area (Å²) in [4.78, 5) is 0. The molecule has 0 saturated carbocycles. The predicted octanol–water partition coefficient (Wildman–Crippen LogP) is 3.72. The number of hydrogen-bond donors (Lipinski definition) is 0. The third-order valence-corrected chi connectivity index (χ3v) is 1.84. The maximum Gasteiger partial charge on any atom is 0.100 e. The number of halogens is 1. The molecule has 0 nitrogen and oxygen atoms in total. The topological polar surface area (TPSA) is 0 Å². The Morgan fingerprint density at radius 3 is 2.67 bits per heavy atom. The van der Waals surface area contributed by atoms with Crippen molar-refractivity contribution in [1.29, 1.82) is 0 Å². The molecule has 1 aromatic carbocycles. The van der Waals surface area contributed by atoms with E-state index in [2.05, 4.69) is 0 Å². The number of hydrogen-bond acceptors (Lipinski definition) is 0. The summed E-state index contributed by atoms with van der Waals surface area (Å²) >= 11 is 0. The highest BCUT2D eigenvalue weighted by atomic mass is 19.1. The molecule has 1 heteroatoms.